The highest BCUT2D eigenvalue weighted by molar-refractivity contribution is 5.95. The van der Waals surface area contributed by atoms with Crippen LogP contribution >= 0.6 is 0 Å². The molecule has 0 fully saturated rings. The van der Waals surface area contributed by atoms with Gasteiger partial charge >= 0.3 is 0 Å². The zero-order valence-corrected chi connectivity index (χ0v) is 12.2. The molecule has 2 aromatic rings. The summed E-state index contributed by atoms with van der Waals surface area (Å²) in [5, 5.41) is 6.23. The first-order chi connectivity index (χ1) is 9.56. The van der Waals surface area contributed by atoms with Gasteiger partial charge in [0, 0.05) is 36.2 Å². The molecule has 4 heteroatoms. The van der Waals surface area contributed by atoms with Gasteiger partial charge in [-0.2, -0.15) is 0 Å². The van der Waals surface area contributed by atoms with Gasteiger partial charge in [0.2, 0.25) is 0 Å². The Balaban J connectivity index is 2.02. The fourth-order valence-electron chi connectivity index (χ4n) is 1.99. The van der Waals surface area contributed by atoms with E-state index in [-0.39, 0.29) is 11.9 Å². The van der Waals surface area contributed by atoms with Gasteiger partial charge in [-0.25, -0.2) is 0 Å². The number of amides is 1. The summed E-state index contributed by atoms with van der Waals surface area (Å²) in [6.45, 7) is 4.64. The van der Waals surface area contributed by atoms with E-state index in [1.54, 1.807) is 0 Å². The molecular formula is C16H21N3O. The van der Waals surface area contributed by atoms with Crippen LogP contribution in [0.2, 0.25) is 0 Å². The van der Waals surface area contributed by atoms with Crippen molar-refractivity contribution < 1.29 is 4.79 Å². The van der Waals surface area contributed by atoms with Gasteiger partial charge < -0.3 is 15.2 Å². The van der Waals surface area contributed by atoms with Crippen molar-refractivity contribution in [2.45, 2.75) is 26.4 Å². The monoisotopic (exact) mass is 271 g/mol. The van der Waals surface area contributed by atoms with Crippen LogP contribution in [0.3, 0.4) is 0 Å². The molecule has 2 rings (SSSR count). The summed E-state index contributed by atoms with van der Waals surface area (Å²) in [6, 6.07) is 11.8. The van der Waals surface area contributed by atoms with Crippen molar-refractivity contribution in [2.75, 3.05) is 5.32 Å². The van der Waals surface area contributed by atoms with Crippen LogP contribution in [0.15, 0.2) is 42.6 Å². The van der Waals surface area contributed by atoms with E-state index < -0.39 is 0 Å². The topological polar surface area (TPSA) is 46.1 Å². The Morgan fingerprint density at radius 2 is 2.05 bits per heavy atom. The lowest BCUT2D eigenvalue weighted by Gasteiger charge is -2.11. The van der Waals surface area contributed by atoms with Crippen LogP contribution in [-0.4, -0.2) is 16.5 Å². The van der Waals surface area contributed by atoms with Crippen LogP contribution in [0.5, 0.6) is 0 Å². The zero-order valence-electron chi connectivity index (χ0n) is 12.2. The van der Waals surface area contributed by atoms with Crippen LogP contribution in [0.1, 0.15) is 29.9 Å². The summed E-state index contributed by atoms with van der Waals surface area (Å²) in [4.78, 5) is 12.0. The lowest BCUT2D eigenvalue weighted by molar-refractivity contribution is 0.0943. The van der Waals surface area contributed by atoms with Gasteiger partial charge in [-0.15, -0.1) is 0 Å². The summed E-state index contributed by atoms with van der Waals surface area (Å²) < 4.78 is 2.07. The Labute approximate surface area is 119 Å². The molecule has 0 spiro atoms. The number of hydrogen-bond donors (Lipinski definition) is 2. The second-order valence-corrected chi connectivity index (χ2v) is 5.17. The van der Waals surface area contributed by atoms with Crippen molar-refractivity contribution in [3.05, 3.63) is 53.9 Å². The summed E-state index contributed by atoms with van der Waals surface area (Å²) in [5.41, 5.74) is 2.82. The maximum absolute atomic E-state index is 12.0. The van der Waals surface area contributed by atoms with Gasteiger partial charge in [0.05, 0.1) is 6.54 Å². The normalized spacial score (nSPS) is 10.6. The van der Waals surface area contributed by atoms with E-state index in [9.17, 15) is 4.79 Å². The van der Waals surface area contributed by atoms with Crippen molar-refractivity contribution in [3.8, 4) is 0 Å². The lowest BCUT2D eigenvalue weighted by Crippen LogP contribution is -2.30. The van der Waals surface area contributed by atoms with Gasteiger partial charge in [-0.1, -0.05) is 6.07 Å². The second-order valence-electron chi connectivity index (χ2n) is 5.17. The molecule has 0 saturated heterocycles. The van der Waals surface area contributed by atoms with E-state index >= 15 is 0 Å². The molecule has 0 radical (unpaired) electrons. The van der Waals surface area contributed by atoms with E-state index in [2.05, 4.69) is 21.3 Å². The van der Waals surface area contributed by atoms with Crippen molar-refractivity contribution in [2.24, 2.45) is 7.05 Å². The molecule has 1 aromatic carbocycles. The predicted octanol–water partition coefficient (Wildman–Crippen LogP) is 2.78. The molecule has 0 unspecified atom stereocenters. The fraction of sp³-hybridized carbons (Fsp3) is 0.312. The van der Waals surface area contributed by atoms with Gasteiger partial charge in [-0.3, -0.25) is 4.79 Å². The first-order valence-corrected chi connectivity index (χ1v) is 6.81. The molecule has 2 N–H and O–H groups in total. The molecular weight excluding hydrogens is 250 g/mol. The molecule has 0 aliphatic rings. The molecule has 1 heterocycles. The third-order valence-corrected chi connectivity index (χ3v) is 3.07. The third kappa shape index (κ3) is 3.63. The van der Waals surface area contributed by atoms with Crippen LogP contribution in [-0.2, 0) is 13.6 Å². The minimum absolute atomic E-state index is 0.0393. The summed E-state index contributed by atoms with van der Waals surface area (Å²) in [6.07, 6.45) is 2.02. The van der Waals surface area contributed by atoms with Gasteiger partial charge in [0.1, 0.15) is 0 Å². The number of rotatable bonds is 5. The molecule has 0 saturated carbocycles. The molecule has 0 aliphatic carbocycles. The molecule has 1 aromatic heterocycles. The van der Waals surface area contributed by atoms with E-state index in [4.69, 9.17) is 0 Å². The van der Waals surface area contributed by atoms with Crippen molar-refractivity contribution >= 4 is 11.6 Å². The average Bonchev–Trinajstić information content (AvgIpc) is 2.81. The highest BCUT2D eigenvalue weighted by atomic mass is 16.1. The number of aromatic nitrogens is 1. The minimum Gasteiger partial charge on any atom is -0.379 e. The first kappa shape index (κ1) is 14.2. The fourth-order valence-corrected chi connectivity index (χ4v) is 1.99. The average molecular weight is 271 g/mol. The number of carbonyl (C=O) groups is 1. The van der Waals surface area contributed by atoms with Gasteiger partial charge in [-0.05, 0) is 44.2 Å². The minimum atomic E-state index is -0.0393. The molecule has 0 bridgehead atoms. The molecule has 0 aliphatic heterocycles. The van der Waals surface area contributed by atoms with E-state index in [1.165, 1.54) is 5.69 Å². The second kappa shape index (κ2) is 6.28. The van der Waals surface area contributed by atoms with Crippen LogP contribution in [0, 0.1) is 0 Å². The zero-order chi connectivity index (χ0) is 14.5. The van der Waals surface area contributed by atoms with E-state index in [0.29, 0.717) is 5.56 Å². The number of carbonyl (C=O) groups excluding carboxylic acids is 1. The van der Waals surface area contributed by atoms with Gasteiger partial charge in [0.15, 0.2) is 0 Å². The maximum atomic E-state index is 12.0. The first-order valence-electron chi connectivity index (χ1n) is 6.81. The highest BCUT2D eigenvalue weighted by Gasteiger charge is 2.07. The van der Waals surface area contributed by atoms with Crippen molar-refractivity contribution in [1.82, 2.24) is 9.88 Å². The van der Waals surface area contributed by atoms with E-state index in [0.717, 1.165) is 12.2 Å². The number of aryl methyl sites for hydroxylation is 1. The number of nitrogens with zero attached hydrogens (tertiary/aromatic N) is 1. The van der Waals surface area contributed by atoms with Gasteiger partial charge in [0.25, 0.3) is 5.91 Å². The Morgan fingerprint density at radius 1 is 1.25 bits per heavy atom. The highest BCUT2D eigenvalue weighted by Crippen LogP contribution is 2.12. The number of hydrogen-bond acceptors (Lipinski definition) is 2. The molecule has 1 amide bonds. The van der Waals surface area contributed by atoms with Crippen molar-refractivity contribution in [1.29, 1.82) is 0 Å². The standard InChI is InChI=1S/C16H21N3O/c1-12(2)18-16(20)13-6-4-7-14(10-13)17-11-15-8-5-9-19(15)3/h4-10,12,17H,11H2,1-3H3,(H,18,20). The predicted molar refractivity (Wildman–Crippen MR) is 81.8 cm³/mol. The Bertz CT molecular complexity index is 587. The number of nitrogens with one attached hydrogen (secondary N) is 2. The lowest BCUT2D eigenvalue weighted by atomic mass is 10.1. The molecule has 4 nitrogen and oxygen atoms in total. The van der Waals surface area contributed by atoms with Crippen LogP contribution < -0.4 is 10.6 Å². The largest absolute Gasteiger partial charge is 0.379 e. The third-order valence-electron chi connectivity index (χ3n) is 3.07. The molecule has 0 atom stereocenters. The molecule has 106 valence electrons. The SMILES string of the molecule is CC(C)NC(=O)c1cccc(NCc2cccn2C)c1. The number of anilines is 1. The Kier molecular flexibility index (Phi) is 4.45. The Hall–Kier alpha value is -2.23. The quantitative estimate of drug-likeness (QED) is 0.878. The van der Waals surface area contributed by atoms with Crippen molar-refractivity contribution in [3.63, 3.8) is 0 Å². The summed E-state index contributed by atoms with van der Waals surface area (Å²) >= 11 is 0. The smallest absolute Gasteiger partial charge is 0.251 e. The van der Waals surface area contributed by atoms with E-state index in [1.807, 2.05) is 57.4 Å². The number of benzene rings is 1. The maximum Gasteiger partial charge on any atom is 0.251 e. The summed E-state index contributed by atoms with van der Waals surface area (Å²) in [5.74, 6) is -0.0393. The molecule has 20 heavy (non-hydrogen) atoms. The Morgan fingerprint density at radius 3 is 2.70 bits per heavy atom. The van der Waals surface area contributed by atoms with Crippen LogP contribution in [0.4, 0.5) is 5.69 Å². The van der Waals surface area contributed by atoms with Crippen LogP contribution in [0.25, 0.3) is 0 Å². The summed E-state index contributed by atoms with van der Waals surface area (Å²) in [7, 11) is 2.02.